The SMILES string of the molecule is CCN(CC)Cc1cccc(NC(=O)[C@@H]2CCCNC2)c1. The number of piperidine rings is 1. The first-order valence-electron chi connectivity index (χ1n) is 8.05. The second-order valence-corrected chi connectivity index (χ2v) is 5.69. The molecule has 4 nitrogen and oxygen atoms in total. The Morgan fingerprint density at radius 1 is 1.38 bits per heavy atom. The van der Waals surface area contributed by atoms with Gasteiger partial charge in [-0.25, -0.2) is 0 Å². The van der Waals surface area contributed by atoms with E-state index in [0.29, 0.717) is 0 Å². The molecule has 2 rings (SSSR count). The Bertz CT molecular complexity index is 451. The van der Waals surface area contributed by atoms with Crippen LogP contribution in [0.1, 0.15) is 32.3 Å². The van der Waals surface area contributed by atoms with Crippen molar-refractivity contribution in [2.75, 3.05) is 31.5 Å². The van der Waals surface area contributed by atoms with Crippen molar-refractivity contribution < 1.29 is 4.79 Å². The molecule has 0 aliphatic carbocycles. The Morgan fingerprint density at radius 3 is 2.86 bits per heavy atom. The zero-order valence-electron chi connectivity index (χ0n) is 13.2. The van der Waals surface area contributed by atoms with Gasteiger partial charge in [0.15, 0.2) is 0 Å². The van der Waals surface area contributed by atoms with Crippen molar-refractivity contribution in [3.05, 3.63) is 29.8 Å². The number of nitrogens with zero attached hydrogens (tertiary/aromatic N) is 1. The fourth-order valence-corrected chi connectivity index (χ4v) is 2.77. The minimum Gasteiger partial charge on any atom is -0.326 e. The molecule has 1 aliphatic rings. The number of carbonyl (C=O) groups is 1. The fourth-order valence-electron chi connectivity index (χ4n) is 2.77. The smallest absolute Gasteiger partial charge is 0.228 e. The monoisotopic (exact) mass is 289 g/mol. The van der Waals surface area contributed by atoms with Gasteiger partial charge in [-0.15, -0.1) is 0 Å². The van der Waals surface area contributed by atoms with Gasteiger partial charge in [-0.05, 0) is 50.2 Å². The van der Waals surface area contributed by atoms with Crippen molar-refractivity contribution in [1.82, 2.24) is 10.2 Å². The zero-order chi connectivity index (χ0) is 15.1. The summed E-state index contributed by atoms with van der Waals surface area (Å²) in [6.07, 6.45) is 2.07. The molecule has 1 aromatic carbocycles. The first-order valence-corrected chi connectivity index (χ1v) is 8.05. The van der Waals surface area contributed by atoms with E-state index in [4.69, 9.17) is 0 Å². The normalized spacial score (nSPS) is 18.7. The van der Waals surface area contributed by atoms with Crippen LogP contribution in [0.15, 0.2) is 24.3 Å². The molecule has 0 unspecified atom stereocenters. The lowest BCUT2D eigenvalue weighted by atomic mass is 9.99. The Hall–Kier alpha value is -1.39. The van der Waals surface area contributed by atoms with E-state index in [1.54, 1.807) is 0 Å². The van der Waals surface area contributed by atoms with Crippen LogP contribution in [-0.4, -0.2) is 37.0 Å². The zero-order valence-corrected chi connectivity index (χ0v) is 13.2. The molecule has 0 bridgehead atoms. The van der Waals surface area contributed by atoms with Crippen LogP contribution in [-0.2, 0) is 11.3 Å². The van der Waals surface area contributed by atoms with Crippen LogP contribution in [0, 0.1) is 5.92 Å². The number of nitrogens with one attached hydrogen (secondary N) is 2. The van der Waals surface area contributed by atoms with Gasteiger partial charge in [0.2, 0.25) is 5.91 Å². The summed E-state index contributed by atoms with van der Waals surface area (Å²) in [6.45, 7) is 9.19. The summed E-state index contributed by atoms with van der Waals surface area (Å²) >= 11 is 0. The molecule has 1 fully saturated rings. The summed E-state index contributed by atoms with van der Waals surface area (Å²) in [7, 11) is 0. The standard InChI is InChI=1S/C17H27N3O/c1-3-20(4-2)13-14-7-5-9-16(11-14)19-17(21)15-8-6-10-18-12-15/h5,7,9,11,15,18H,3-4,6,8,10,12-13H2,1-2H3,(H,19,21)/t15-/m1/s1. The molecule has 2 N–H and O–H groups in total. The number of benzene rings is 1. The highest BCUT2D eigenvalue weighted by Gasteiger charge is 2.20. The molecule has 1 aromatic rings. The van der Waals surface area contributed by atoms with Gasteiger partial charge in [-0.2, -0.15) is 0 Å². The fraction of sp³-hybridized carbons (Fsp3) is 0.588. The number of hydrogen-bond donors (Lipinski definition) is 2. The maximum atomic E-state index is 12.3. The molecule has 1 atom stereocenters. The van der Waals surface area contributed by atoms with Crippen molar-refractivity contribution in [3.63, 3.8) is 0 Å². The van der Waals surface area contributed by atoms with Gasteiger partial charge in [0.25, 0.3) is 0 Å². The average Bonchev–Trinajstić information content (AvgIpc) is 2.53. The van der Waals surface area contributed by atoms with Crippen LogP contribution in [0.25, 0.3) is 0 Å². The number of carbonyl (C=O) groups excluding carboxylic acids is 1. The van der Waals surface area contributed by atoms with Crippen LogP contribution in [0.5, 0.6) is 0 Å². The van der Waals surface area contributed by atoms with Gasteiger partial charge in [-0.1, -0.05) is 26.0 Å². The van der Waals surface area contributed by atoms with Gasteiger partial charge in [0, 0.05) is 18.8 Å². The Morgan fingerprint density at radius 2 is 2.19 bits per heavy atom. The summed E-state index contributed by atoms with van der Waals surface area (Å²) in [4.78, 5) is 14.6. The molecule has 1 aliphatic heterocycles. The van der Waals surface area contributed by atoms with Crippen LogP contribution in [0.2, 0.25) is 0 Å². The lowest BCUT2D eigenvalue weighted by Gasteiger charge is -2.22. The highest BCUT2D eigenvalue weighted by molar-refractivity contribution is 5.92. The molecule has 4 heteroatoms. The quantitative estimate of drug-likeness (QED) is 0.845. The van der Waals surface area contributed by atoms with Crippen molar-refractivity contribution in [2.24, 2.45) is 5.92 Å². The summed E-state index contributed by atoms with van der Waals surface area (Å²) in [5.74, 6) is 0.243. The van der Waals surface area contributed by atoms with E-state index in [-0.39, 0.29) is 11.8 Å². The molecular weight excluding hydrogens is 262 g/mol. The molecule has 116 valence electrons. The van der Waals surface area contributed by atoms with Crippen LogP contribution >= 0.6 is 0 Å². The molecule has 1 amide bonds. The maximum absolute atomic E-state index is 12.3. The summed E-state index contributed by atoms with van der Waals surface area (Å²) in [5.41, 5.74) is 2.16. The second kappa shape index (κ2) is 8.15. The highest BCUT2D eigenvalue weighted by atomic mass is 16.1. The summed E-state index contributed by atoms with van der Waals surface area (Å²) < 4.78 is 0. The lowest BCUT2D eigenvalue weighted by molar-refractivity contribution is -0.120. The number of rotatable bonds is 6. The van der Waals surface area contributed by atoms with Gasteiger partial charge < -0.3 is 10.6 Å². The molecule has 1 saturated heterocycles. The van der Waals surface area contributed by atoms with Crippen molar-refractivity contribution in [1.29, 1.82) is 0 Å². The van der Waals surface area contributed by atoms with Gasteiger partial charge in [0.1, 0.15) is 0 Å². The predicted molar refractivity (Wildman–Crippen MR) is 87.3 cm³/mol. The molecule has 0 radical (unpaired) electrons. The largest absolute Gasteiger partial charge is 0.326 e. The van der Waals surface area contributed by atoms with Gasteiger partial charge >= 0.3 is 0 Å². The maximum Gasteiger partial charge on any atom is 0.228 e. The highest BCUT2D eigenvalue weighted by Crippen LogP contribution is 2.16. The summed E-state index contributed by atoms with van der Waals surface area (Å²) in [5, 5.41) is 6.35. The third-order valence-corrected chi connectivity index (χ3v) is 4.16. The third kappa shape index (κ3) is 4.83. The van der Waals surface area contributed by atoms with E-state index in [1.807, 2.05) is 12.1 Å². The molecule has 0 saturated carbocycles. The van der Waals surface area contributed by atoms with E-state index < -0.39 is 0 Å². The average molecular weight is 289 g/mol. The lowest BCUT2D eigenvalue weighted by Crippen LogP contribution is -2.37. The Kier molecular flexibility index (Phi) is 6.21. The van der Waals surface area contributed by atoms with Gasteiger partial charge in [-0.3, -0.25) is 9.69 Å². The third-order valence-electron chi connectivity index (χ3n) is 4.16. The summed E-state index contributed by atoms with van der Waals surface area (Å²) in [6, 6.07) is 8.20. The van der Waals surface area contributed by atoms with E-state index in [9.17, 15) is 4.79 Å². The minimum atomic E-state index is 0.102. The first kappa shape index (κ1) is 16.0. The molecule has 1 heterocycles. The molecule has 0 spiro atoms. The van der Waals surface area contributed by atoms with Crippen LogP contribution in [0.4, 0.5) is 5.69 Å². The van der Waals surface area contributed by atoms with Crippen molar-refractivity contribution >= 4 is 11.6 Å². The van der Waals surface area contributed by atoms with Crippen LogP contribution < -0.4 is 10.6 Å². The van der Waals surface area contributed by atoms with Crippen LogP contribution in [0.3, 0.4) is 0 Å². The van der Waals surface area contributed by atoms with E-state index in [2.05, 4.69) is 41.5 Å². The van der Waals surface area contributed by atoms with E-state index in [1.165, 1.54) is 5.56 Å². The Labute approximate surface area is 127 Å². The number of anilines is 1. The minimum absolute atomic E-state index is 0.102. The number of hydrogen-bond acceptors (Lipinski definition) is 3. The number of amides is 1. The first-order chi connectivity index (χ1) is 10.2. The molecule has 0 aromatic heterocycles. The van der Waals surface area contributed by atoms with Crippen molar-refractivity contribution in [2.45, 2.75) is 33.2 Å². The van der Waals surface area contributed by atoms with E-state index in [0.717, 1.165) is 51.3 Å². The second-order valence-electron chi connectivity index (χ2n) is 5.69. The predicted octanol–water partition coefficient (Wildman–Crippen LogP) is 2.47. The molecular formula is C17H27N3O. The van der Waals surface area contributed by atoms with Gasteiger partial charge in [0.05, 0.1) is 5.92 Å². The van der Waals surface area contributed by atoms with Crippen molar-refractivity contribution in [3.8, 4) is 0 Å². The molecule has 21 heavy (non-hydrogen) atoms. The van der Waals surface area contributed by atoms with E-state index >= 15 is 0 Å². The topological polar surface area (TPSA) is 44.4 Å². The Balaban J connectivity index is 1.95.